The van der Waals surface area contributed by atoms with Gasteiger partial charge in [0, 0.05) is 11.5 Å². The quantitative estimate of drug-likeness (QED) is 0.331. The van der Waals surface area contributed by atoms with E-state index < -0.39 is 0 Å². The van der Waals surface area contributed by atoms with E-state index in [1.54, 1.807) is 4.68 Å². The summed E-state index contributed by atoms with van der Waals surface area (Å²) < 4.78 is 1.56. The highest BCUT2D eigenvalue weighted by atomic mass is 127. The summed E-state index contributed by atoms with van der Waals surface area (Å²) >= 11 is 0. The summed E-state index contributed by atoms with van der Waals surface area (Å²) in [5, 5.41) is 2.38. The number of nitrogens with two attached hydrogens (primary N) is 1. The molecule has 2 N–H and O–H groups in total. The molecule has 0 saturated carbocycles. The molecule has 0 aliphatic rings. The predicted octanol–water partition coefficient (Wildman–Crippen LogP) is -2.15. The molecule has 0 atom stereocenters. The molecule has 62 valence electrons. The van der Waals surface area contributed by atoms with Gasteiger partial charge in [-0.25, -0.2) is 5.84 Å². The highest BCUT2D eigenvalue weighted by molar-refractivity contribution is 5.80. The van der Waals surface area contributed by atoms with E-state index in [2.05, 4.69) is 6.07 Å². The van der Waals surface area contributed by atoms with Crippen LogP contribution >= 0.6 is 0 Å². The van der Waals surface area contributed by atoms with Gasteiger partial charge in [0.1, 0.15) is 0 Å². The zero-order valence-electron chi connectivity index (χ0n) is 6.44. The van der Waals surface area contributed by atoms with E-state index in [1.165, 1.54) is 5.39 Å². The molecule has 2 aromatic rings. The molecule has 1 aromatic carbocycles. The van der Waals surface area contributed by atoms with E-state index in [9.17, 15) is 0 Å². The molecule has 0 bridgehead atoms. The van der Waals surface area contributed by atoms with E-state index >= 15 is 0 Å². The Kier molecular flexibility index (Phi) is 2.86. The van der Waals surface area contributed by atoms with Crippen molar-refractivity contribution in [2.24, 2.45) is 0 Å². The number of hydrogen-bond donors (Lipinski definition) is 1. The topological polar surface area (TPSA) is 29.9 Å². The van der Waals surface area contributed by atoms with Crippen LogP contribution in [0.25, 0.3) is 10.8 Å². The van der Waals surface area contributed by atoms with Crippen LogP contribution < -0.4 is 34.5 Å². The first-order valence-corrected chi connectivity index (χ1v) is 3.51. The van der Waals surface area contributed by atoms with Gasteiger partial charge in [-0.05, 0) is 11.5 Å². The Balaban J connectivity index is 0.000000720. The fourth-order valence-electron chi connectivity index (χ4n) is 1.15. The summed E-state index contributed by atoms with van der Waals surface area (Å²) in [6.45, 7) is 0. The molecule has 0 spiro atoms. The number of fused-ring (bicyclic) bond motifs is 1. The Morgan fingerprint density at radius 2 is 1.67 bits per heavy atom. The minimum absolute atomic E-state index is 0. The van der Waals surface area contributed by atoms with Crippen molar-refractivity contribution < 1.29 is 28.7 Å². The molecule has 1 heterocycles. The fourth-order valence-corrected chi connectivity index (χ4v) is 1.15. The lowest BCUT2D eigenvalue weighted by atomic mass is 10.2. The van der Waals surface area contributed by atoms with E-state index in [-0.39, 0.29) is 24.0 Å². The molecular formula is C9H9IN2. The summed E-state index contributed by atoms with van der Waals surface area (Å²) in [5.41, 5.74) is 0. The van der Waals surface area contributed by atoms with Crippen LogP contribution in [0, 0.1) is 0 Å². The summed E-state index contributed by atoms with van der Waals surface area (Å²) in [5.74, 6) is 5.54. The van der Waals surface area contributed by atoms with Gasteiger partial charge in [-0.1, -0.05) is 22.9 Å². The van der Waals surface area contributed by atoms with Gasteiger partial charge in [0.15, 0.2) is 6.20 Å². The second-order valence-corrected chi connectivity index (χ2v) is 2.52. The van der Waals surface area contributed by atoms with Gasteiger partial charge in [0.2, 0.25) is 6.20 Å². The molecule has 2 rings (SSSR count). The van der Waals surface area contributed by atoms with Crippen LogP contribution in [0.5, 0.6) is 0 Å². The zero-order valence-corrected chi connectivity index (χ0v) is 8.60. The molecule has 0 unspecified atom stereocenters. The predicted molar refractivity (Wildman–Crippen MR) is 44.3 cm³/mol. The van der Waals surface area contributed by atoms with Gasteiger partial charge in [0.25, 0.3) is 0 Å². The summed E-state index contributed by atoms with van der Waals surface area (Å²) in [4.78, 5) is 0. The molecule has 0 aliphatic carbocycles. The van der Waals surface area contributed by atoms with Crippen LogP contribution in [0.1, 0.15) is 0 Å². The number of benzene rings is 1. The third-order valence-corrected chi connectivity index (χ3v) is 1.71. The SMILES string of the molecule is N[n+]1ccc2ccccc2c1.[I-]. The zero-order chi connectivity index (χ0) is 7.68. The van der Waals surface area contributed by atoms with Gasteiger partial charge >= 0.3 is 0 Å². The van der Waals surface area contributed by atoms with Crippen LogP contribution in [0.2, 0.25) is 0 Å². The molecule has 0 amide bonds. The number of rotatable bonds is 0. The number of hydrogen-bond acceptors (Lipinski definition) is 1. The minimum atomic E-state index is 0. The molecule has 0 radical (unpaired) electrons. The number of nitrogens with zero attached hydrogens (tertiary/aromatic N) is 1. The average molecular weight is 272 g/mol. The van der Waals surface area contributed by atoms with Gasteiger partial charge in [0.05, 0.1) is 0 Å². The summed E-state index contributed by atoms with van der Waals surface area (Å²) in [6.07, 6.45) is 3.73. The van der Waals surface area contributed by atoms with Crippen molar-refractivity contribution in [3.63, 3.8) is 0 Å². The first-order chi connectivity index (χ1) is 5.36. The van der Waals surface area contributed by atoms with Crippen molar-refractivity contribution in [2.45, 2.75) is 0 Å². The summed E-state index contributed by atoms with van der Waals surface area (Å²) in [7, 11) is 0. The lowest BCUT2D eigenvalue weighted by Gasteiger charge is -1.91. The highest BCUT2D eigenvalue weighted by Gasteiger charge is 1.95. The van der Waals surface area contributed by atoms with E-state index in [0.717, 1.165) is 5.39 Å². The maximum atomic E-state index is 5.54. The van der Waals surface area contributed by atoms with E-state index in [1.807, 2.05) is 36.7 Å². The number of nitrogen functional groups attached to an aromatic ring is 1. The maximum Gasteiger partial charge on any atom is 0.206 e. The Hall–Kier alpha value is -0.840. The van der Waals surface area contributed by atoms with Gasteiger partial charge in [-0.2, -0.15) is 0 Å². The summed E-state index contributed by atoms with van der Waals surface area (Å²) in [6, 6.07) is 10.1. The normalized spacial score (nSPS) is 9.33. The lowest BCUT2D eigenvalue weighted by Crippen LogP contribution is -3.00. The number of halogens is 1. The Morgan fingerprint density at radius 1 is 1.00 bits per heavy atom. The van der Waals surface area contributed by atoms with Crippen molar-refractivity contribution in [1.82, 2.24) is 0 Å². The lowest BCUT2D eigenvalue weighted by molar-refractivity contribution is -0.637. The van der Waals surface area contributed by atoms with E-state index in [0.29, 0.717) is 0 Å². The van der Waals surface area contributed by atoms with Crippen molar-refractivity contribution in [1.29, 1.82) is 0 Å². The number of pyridine rings is 1. The van der Waals surface area contributed by atoms with Gasteiger partial charge < -0.3 is 24.0 Å². The second kappa shape index (κ2) is 3.71. The highest BCUT2D eigenvalue weighted by Crippen LogP contribution is 2.08. The molecule has 0 fully saturated rings. The molecule has 0 saturated heterocycles. The van der Waals surface area contributed by atoms with Crippen LogP contribution in [0.3, 0.4) is 0 Å². The standard InChI is InChI=1S/C9H9N2.HI/c10-11-6-5-8-3-1-2-4-9(8)7-11;/h1-7H,10H2;1H/q+1;/p-1. The van der Waals surface area contributed by atoms with Crippen LogP contribution in [0.15, 0.2) is 42.7 Å². The van der Waals surface area contributed by atoms with Gasteiger partial charge in [-0.15, -0.1) is 0 Å². The van der Waals surface area contributed by atoms with E-state index in [4.69, 9.17) is 5.84 Å². The molecule has 12 heavy (non-hydrogen) atoms. The smallest absolute Gasteiger partial charge is 0.206 e. The number of aromatic nitrogens is 1. The Bertz CT molecular complexity index is 387. The van der Waals surface area contributed by atoms with Crippen LogP contribution in [-0.4, -0.2) is 0 Å². The Labute approximate surface area is 88.0 Å². The fraction of sp³-hybridized carbons (Fsp3) is 0. The molecule has 3 heteroatoms. The third-order valence-electron chi connectivity index (χ3n) is 1.71. The second-order valence-electron chi connectivity index (χ2n) is 2.52. The molecule has 0 aliphatic heterocycles. The minimum Gasteiger partial charge on any atom is -1.00 e. The van der Waals surface area contributed by atoms with Crippen molar-refractivity contribution >= 4 is 10.8 Å². The third kappa shape index (κ3) is 1.66. The monoisotopic (exact) mass is 272 g/mol. The van der Waals surface area contributed by atoms with Crippen molar-refractivity contribution in [3.8, 4) is 0 Å². The van der Waals surface area contributed by atoms with Crippen LogP contribution in [-0.2, 0) is 0 Å². The van der Waals surface area contributed by atoms with Crippen molar-refractivity contribution in [2.75, 3.05) is 5.84 Å². The molecular weight excluding hydrogens is 263 g/mol. The first kappa shape index (κ1) is 9.25. The van der Waals surface area contributed by atoms with Crippen LogP contribution in [0.4, 0.5) is 0 Å². The molecule has 1 aromatic heterocycles. The van der Waals surface area contributed by atoms with Gasteiger partial charge in [-0.3, -0.25) is 0 Å². The first-order valence-electron chi connectivity index (χ1n) is 3.51. The molecule has 2 nitrogen and oxygen atoms in total. The maximum absolute atomic E-state index is 5.54. The van der Waals surface area contributed by atoms with Crippen molar-refractivity contribution in [3.05, 3.63) is 42.7 Å². The average Bonchev–Trinajstić information content (AvgIpc) is 2.04. The largest absolute Gasteiger partial charge is 1.00 e. The Morgan fingerprint density at radius 3 is 2.42 bits per heavy atom.